The van der Waals surface area contributed by atoms with Gasteiger partial charge in [-0.25, -0.2) is 9.98 Å². The molecule has 25 heavy (non-hydrogen) atoms. The number of ether oxygens (including phenoxy) is 1. The van der Waals surface area contributed by atoms with E-state index in [4.69, 9.17) is 4.74 Å². The maximum Gasteiger partial charge on any atom is 0.213 e. The first-order valence-corrected chi connectivity index (χ1v) is 8.20. The Morgan fingerprint density at radius 1 is 1.16 bits per heavy atom. The average Bonchev–Trinajstić information content (AvgIpc) is 2.59. The third-order valence-corrected chi connectivity index (χ3v) is 3.68. The van der Waals surface area contributed by atoms with Crippen molar-refractivity contribution in [3.63, 3.8) is 0 Å². The summed E-state index contributed by atoms with van der Waals surface area (Å²) in [6.07, 6.45) is 0. The van der Waals surface area contributed by atoms with E-state index in [0.717, 1.165) is 18.2 Å². The number of aliphatic imine (C=N–C) groups is 1. The number of benzene rings is 1. The van der Waals surface area contributed by atoms with Gasteiger partial charge in [0, 0.05) is 12.6 Å². The van der Waals surface area contributed by atoms with Crippen molar-refractivity contribution in [1.82, 2.24) is 15.6 Å². The largest absolute Gasteiger partial charge is 0.481 e. The van der Waals surface area contributed by atoms with Crippen LogP contribution in [-0.4, -0.2) is 24.6 Å². The molecule has 2 N–H and O–H groups in total. The molecule has 1 heterocycles. The van der Waals surface area contributed by atoms with E-state index in [0.29, 0.717) is 19.0 Å². The van der Waals surface area contributed by atoms with E-state index in [1.165, 1.54) is 16.7 Å². The lowest BCUT2D eigenvalue weighted by molar-refractivity contribution is 0.396. The molecule has 2 aromatic rings. The van der Waals surface area contributed by atoms with Gasteiger partial charge in [-0.1, -0.05) is 29.8 Å². The van der Waals surface area contributed by atoms with Crippen molar-refractivity contribution in [1.29, 1.82) is 0 Å². The molecule has 2 rings (SSSR count). The Labute approximate surface area is 167 Å². The number of hydrogen-bond donors (Lipinski definition) is 2. The summed E-state index contributed by atoms with van der Waals surface area (Å²) in [6, 6.07) is 12.2. The van der Waals surface area contributed by atoms with E-state index in [-0.39, 0.29) is 24.0 Å². The smallest absolute Gasteiger partial charge is 0.213 e. The van der Waals surface area contributed by atoms with Crippen molar-refractivity contribution in [2.75, 3.05) is 13.7 Å². The first kappa shape index (κ1) is 21.2. The fourth-order valence-electron chi connectivity index (χ4n) is 2.37. The van der Waals surface area contributed by atoms with Gasteiger partial charge in [-0.15, -0.1) is 24.0 Å². The SMILES string of the molecule is CCNC(=NCc1ccc(C)cc1C)NCc1cccc(OC)n1.I. The number of halogens is 1. The van der Waals surface area contributed by atoms with Crippen LogP contribution in [0.3, 0.4) is 0 Å². The molecule has 0 unspecified atom stereocenters. The second-order valence-corrected chi connectivity index (χ2v) is 5.65. The summed E-state index contributed by atoms with van der Waals surface area (Å²) in [7, 11) is 1.62. The predicted octanol–water partition coefficient (Wildman–Crippen LogP) is 3.58. The molecule has 1 aromatic heterocycles. The van der Waals surface area contributed by atoms with Crippen molar-refractivity contribution in [2.45, 2.75) is 33.9 Å². The molecule has 0 amide bonds. The minimum Gasteiger partial charge on any atom is -0.481 e. The molecule has 0 fully saturated rings. The molecule has 0 saturated heterocycles. The van der Waals surface area contributed by atoms with Crippen LogP contribution < -0.4 is 15.4 Å². The summed E-state index contributed by atoms with van der Waals surface area (Å²) in [4.78, 5) is 9.07. The number of pyridine rings is 1. The Morgan fingerprint density at radius 3 is 2.64 bits per heavy atom. The van der Waals surface area contributed by atoms with Crippen molar-refractivity contribution in [3.05, 3.63) is 58.8 Å². The molecular weight excluding hydrogens is 427 g/mol. The first-order chi connectivity index (χ1) is 11.6. The highest BCUT2D eigenvalue weighted by Gasteiger charge is 2.02. The van der Waals surface area contributed by atoms with Gasteiger partial charge in [0.05, 0.1) is 25.9 Å². The fourth-order valence-corrected chi connectivity index (χ4v) is 2.37. The maximum atomic E-state index is 5.15. The van der Waals surface area contributed by atoms with E-state index in [2.05, 4.69) is 59.6 Å². The lowest BCUT2D eigenvalue weighted by Gasteiger charge is -2.12. The first-order valence-electron chi connectivity index (χ1n) is 8.20. The number of hydrogen-bond acceptors (Lipinski definition) is 3. The number of aromatic nitrogens is 1. The van der Waals surface area contributed by atoms with Gasteiger partial charge in [0.25, 0.3) is 0 Å². The highest BCUT2D eigenvalue weighted by molar-refractivity contribution is 14.0. The highest BCUT2D eigenvalue weighted by atomic mass is 127. The van der Waals surface area contributed by atoms with E-state index in [1.807, 2.05) is 18.2 Å². The number of methoxy groups -OCH3 is 1. The second-order valence-electron chi connectivity index (χ2n) is 5.65. The van der Waals surface area contributed by atoms with Crippen LogP contribution >= 0.6 is 24.0 Å². The lowest BCUT2D eigenvalue weighted by atomic mass is 10.1. The Kier molecular flexibility index (Phi) is 9.26. The van der Waals surface area contributed by atoms with Gasteiger partial charge in [0.15, 0.2) is 5.96 Å². The standard InChI is InChI=1S/C19H26N4O.HI/c1-5-20-19(21-12-16-10-9-14(2)11-15(16)3)22-13-17-7-6-8-18(23-17)24-4;/h6-11H,5,12-13H2,1-4H3,(H2,20,21,22);1H. The van der Waals surface area contributed by atoms with Gasteiger partial charge in [0.1, 0.15) is 0 Å². The summed E-state index contributed by atoms with van der Waals surface area (Å²) in [5.41, 5.74) is 4.68. The molecule has 6 heteroatoms. The van der Waals surface area contributed by atoms with Gasteiger partial charge in [0.2, 0.25) is 5.88 Å². The number of rotatable bonds is 6. The topological polar surface area (TPSA) is 58.5 Å². The van der Waals surface area contributed by atoms with E-state index < -0.39 is 0 Å². The maximum absolute atomic E-state index is 5.15. The molecule has 0 saturated carbocycles. The minimum absolute atomic E-state index is 0. The van der Waals surface area contributed by atoms with Crippen LogP contribution in [0.5, 0.6) is 5.88 Å². The van der Waals surface area contributed by atoms with Crippen LogP contribution in [0.1, 0.15) is 29.3 Å². The monoisotopic (exact) mass is 454 g/mol. The third-order valence-electron chi connectivity index (χ3n) is 3.68. The van der Waals surface area contributed by atoms with Crippen LogP contribution in [0.15, 0.2) is 41.4 Å². The van der Waals surface area contributed by atoms with Gasteiger partial charge in [-0.2, -0.15) is 0 Å². The number of guanidine groups is 1. The summed E-state index contributed by atoms with van der Waals surface area (Å²) in [5, 5.41) is 6.57. The molecule has 0 aliphatic carbocycles. The lowest BCUT2D eigenvalue weighted by Crippen LogP contribution is -2.37. The molecule has 0 bridgehead atoms. The zero-order valence-corrected chi connectivity index (χ0v) is 17.6. The van der Waals surface area contributed by atoms with Gasteiger partial charge < -0.3 is 15.4 Å². The average molecular weight is 454 g/mol. The Bertz CT molecular complexity index is 704. The van der Waals surface area contributed by atoms with Gasteiger partial charge in [-0.05, 0) is 38.0 Å². The zero-order valence-electron chi connectivity index (χ0n) is 15.3. The van der Waals surface area contributed by atoms with Crippen LogP contribution in [0.25, 0.3) is 0 Å². The molecule has 0 aliphatic rings. The third kappa shape index (κ3) is 6.89. The van der Waals surface area contributed by atoms with Crippen molar-refractivity contribution in [2.24, 2.45) is 4.99 Å². The number of aryl methyl sites for hydroxylation is 2. The quantitative estimate of drug-likeness (QED) is 0.398. The van der Waals surface area contributed by atoms with Gasteiger partial charge in [-0.3, -0.25) is 0 Å². The summed E-state index contributed by atoms with van der Waals surface area (Å²) in [5.74, 6) is 1.40. The van der Waals surface area contributed by atoms with Gasteiger partial charge >= 0.3 is 0 Å². The molecule has 136 valence electrons. The summed E-state index contributed by atoms with van der Waals surface area (Å²) in [6.45, 7) is 8.33. The molecule has 0 spiro atoms. The summed E-state index contributed by atoms with van der Waals surface area (Å²) >= 11 is 0. The zero-order chi connectivity index (χ0) is 17.4. The van der Waals surface area contributed by atoms with Crippen molar-refractivity contribution < 1.29 is 4.74 Å². The Hall–Kier alpha value is -1.83. The molecule has 5 nitrogen and oxygen atoms in total. The highest BCUT2D eigenvalue weighted by Crippen LogP contribution is 2.11. The molecule has 1 aromatic carbocycles. The predicted molar refractivity (Wildman–Crippen MR) is 114 cm³/mol. The number of nitrogens with one attached hydrogen (secondary N) is 2. The van der Waals surface area contributed by atoms with E-state index >= 15 is 0 Å². The van der Waals surface area contributed by atoms with Crippen LogP contribution in [0.4, 0.5) is 0 Å². The Balaban J connectivity index is 0.00000312. The van der Waals surface area contributed by atoms with Crippen molar-refractivity contribution >= 4 is 29.9 Å². The summed E-state index contributed by atoms with van der Waals surface area (Å²) < 4.78 is 5.15. The Morgan fingerprint density at radius 2 is 1.96 bits per heavy atom. The number of nitrogens with zero attached hydrogens (tertiary/aromatic N) is 2. The normalized spacial score (nSPS) is 10.8. The van der Waals surface area contributed by atoms with E-state index in [1.54, 1.807) is 7.11 Å². The van der Waals surface area contributed by atoms with Crippen molar-refractivity contribution in [3.8, 4) is 5.88 Å². The van der Waals surface area contributed by atoms with Crippen LogP contribution in [0.2, 0.25) is 0 Å². The fraction of sp³-hybridized carbons (Fsp3) is 0.368. The van der Waals surface area contributed by atoms with Crippen LogP contribution in [-0.2, 0) is 13.1 Å². The minimum atomic E-state index is 0. The van der Waals surface area contributed by atoms with E-state index in [9.17, 15) is 0 Å². The second kappa shape index (κ2) is 10.9. The molecule has 0 atom stereocenters. The van der Waals surface area contributed by atoms with Crippen LogP contribution in [0, 0.1) is 13.8 Å². The molecular formula is C19H27IN4O. The molecule has 0 radical (unpaired) electrons. The molecule has 0 aliphatic heterocycles.